The standard InChI is InChI=1S/C11H21N5O2S/c1-8(12)9-3-5-16(6-4-9)11-13-10(14-15-11)7-19(2,17)18/h8-9H,3-7,12H2,1-2H3,(H,13,14,15). The first kappa shape index (κ1) is 14.3. The van der Waals surface area contributed by atoms with Crippen LogP contribution >= 0.6 is 0 Å². The second kappa shape index (κ2) is 5.46. The molecule has 0 radical (unpaired) electrons. The van der Waals surface area contributed by atoms with Crippen LogP contribution < -0.4 is 10.6 Å². The number of hydrogen-bond donors (Lipinski definition) is 2. The second-order valence-corrected chi connectivity index (χ2v) is 7.48. The Kier molecular flexibility index (Phi) is 4.10. The third kappa shape index (κ3) is 3.90. The van der Waals surface area contributed by atoms with Gasteiger partial charge in [0, 0.05) is 25.4 Å². The average molecular weight is 287 g/mol. The van der Waals surface area contributed by atoms with Gasteiger partial charge in [-0.2, -0.15) is 4.98 Å². The summed E-state index contributed by atoms with van der Waals surface area (Å²) in [7, 11) is -3.08. The highest BCUT2D eigenvalue weighted by Gasteiger charge is 2.24. The van der Waals surface area contributed by atoms with Gasteiger partial charge in [-0.15, -0.1) is 5.10 Å². The van der Waals surface area contributed by atoms with Gasteiger partial charge in [-0.25, -0.2) is 8.42 Å². The number of piperidine rings is 1. The predicted molar refractivity (Wildman–Crippen MR) is 73.5 cm³/mol. The molecule has 108 valence electrons. The van der Waals surface area contributed by atoms with E-state index in [-0.39, 0.29) is 11.8 Å². The largest absolute Gasteiger partial charge is 0.340 e. The molecule has 1 unspecified atom stereocenters. The number of sulfone groups is 1. The zero-order chi connectivity index (χ0) is 14.0. The maximum absolute atomic E-state index is 11.2. The quantitative estimate of drug-likeness (QED) is 0.802. The minimum Gasteiger partial charge on any atom is -0.340 e. The minimum absolute atomic E-state index is 0.101. The van der Waals surface area contributed by atoms with Gasteiger partial charge < -0.3 is 10.6 Å². The summed E-state index contributed by atoms with van der Waals surface area (Å²) in [5.74, 6) is 1.43. The number of rotatable bonds is 4. The van der Waals surface area contributed by atoms with Crippen molar-refractivity contribution in [2.45, 2.75) is 31.6 Å². The summed E-state index contributed by atoms with van der Waals surface area (Å²) >= 11 is 0. The van der Waals surface area contributed by atoms with Crippen LogP contribution in [0.25, 0.3) is 0 Å². The van der Waals surface area contributed by atoms with E-state index in [1.807, 2.05) is 6.92 Å². The molecule has 2 heterocycles. The van der Waals surface area contributed by atoms with E-state index >= 15 is 0 Å². The molecule has 3 N–H and O–H groups in total. The summed E-state index contributed by atoms with van der Waals surface area (Å²) in [5, 5.41) is 6.77. The van der Waals surface area contributed by atoms with Crippen molar-refractivity contribution in [2.75, 3.05) is 24.2 Å². The lowest BCUT2D eigenvalue weighted by atomic mass is 9.91. The van der Waals surface area contributed by atoms with Gasteiger partial charge in [0.2, 0.25) is 5.95 Å². The van der Waals surface area contributed by atoms with Crippen LogP contribution in [0.4, 0.5) is 5.95 Å². The first-order valence-electron chi connectivity index (χ1n) is 6.44. The fraction of sp³-hybridized carbons (Fsp3) is 0.818. The van der Waals surface area contributed by atoms with Gasteiger partial charge in [0.1, 0.15) is 11.6 Å². The van der Waals surface area contributed by atoms with E-state index < -0.39 is 9.84 Å². The summed E-state index contributed by atoms with van der Waals surface area (Å²) in [6, 6.07) is 0.218. The first-order valence-corrected chi connectivity index (χ1v) is 8.51. The SMILES string of the molecule is CC(N)C1CCN(c2n[nH]c(CS(C)(=O)=O)n2)CC1. The van der Waals surface area contributed by atoms with Crippen molar-refractivity contribution in [3.8, 4) is 0 Å². The molecule has 2 rings (SSSR count). The monoisotopic (exact) mass is 287 g/mol. The topological polar surface area (TPSA) is 105 Å². The summed E-state index contributed by atoms with van der Waals surface area (Å²) < 4.78 is 22.4. The Morgan fingerprint density at radius 1 is 1.47 bits per heavy atom. The lowest BCUT2D eigenvalue weighted by Gasteiger charge is -2.32. The summed E-state index contributed by atoms with van der Waals surface area (Å²) in [6.07, 6.45) is 3.23. The zero-order valence-electron chi connectivity index (χ0n) is 11.3. The first-order chi connectivity index (χ1) is 8.85. The highest BCUT2D eigenvalue weighted by atomic mass is 32.2. The minimum atomic E-state index is -3.08. The number of aromatic amines is 1. The Morgan fingerprint density at radius 2 is 2.11 bits per heavy atom. The smallest absolute Gasteiger partial charge is 0.244 e. The van der Waals surface area contributed by atoms with E-state index in [9.17, 15) is 8.42 Å². The molecule has 0 amide bonds. The van der Waals surface area contributed by atoms with Gasteiger partial charge in [0.25, 0.3) is 0 Å². The summed E-state index contributed by atoms with van der Waals surface area (Å²) in [4.78, 5) is 6.31. The van der Waals surface area contributed by atoms with Gasteiger partial charge in [0.05, 0.1) is 0 Å². The molecule has 0 saturated carbocycles. The molecule has 7 nitrogen and oxygen atoms in total. The molecule has 1 saturated heterocycles. The molecular weight excluding hydrogens is 266 g/mol. The zero-order valence-corrected chi connectivity index (χ0v) is 12.2. The molecule has 0 bridgehead atoms. The predicted octanol–water partition coefficient (Wildman–Crippen LogP) is -0.0871. The van der Waals surface area contributed by atoms with E-state index in [4.69, 9.17) is 5.73 Å². The van der Waals surface area contributed by atoms with Crippen LogP contribution in [0.1, 0.15) is 25.6 Å². The maximum Gasteiger partial charge on any atom is 0.244 e. The maximum atomic E-state index is 11.2. The van der Waals surface area contributed by atoms with Crippen LogP contribution in [0.5, 0.6) is 0 Å². The Labute approximate surface area is 113 Å². The van der Waals surface area contributed by atoms with Crippen molar-refractivity contribution in [1.82, 2.24) is 15.2 Å². The number of hydrogen-bond acceptors (Lipinski definition) is 6. The van der Waals surface area contributed by atoms with E-state index in [0.29, 0.717) is 17.7 Å². The molecule has 0 aromatic carbocycles. The van der Waals surface area contributed by atoms with Gasteiger partial charge in [0.15, 0.2) is 9.84 Å². The lowest BCUT2D eigenvalue weighted by Crippen LogP contribution is -2.40. The number of nitrogens with two attached hydrogens (primary N) is 1. The lowest BCUT2D eigenvalue weighted by molar-refractivity contribution is 0.352. The van der Waals surface area contributed by atoms with Crippen LogP contribution in [-0.2, 0) is 15.6 Å². The van der Waals surface area contributed by atoms with Gasteiger partial charge >= 0.3 is 0 Å². The van der Waals surface area contributed by atoms with Crippen molar-refractivity contribution in [3.05, 3.63) is 5.82 Å². The van der Waals surface area contributed by atoms with Crippen LogP contribution in [0.2, 0.25) is 0 Å². The van der Waals surface area contributed by atoms with Crippen LogP contribution in [0.15, 0.2) is 0 Å². The molecule has 1 aliphatic heterocycles. The highest BCUT2D eigenvalue weighted by molar-refractivity contribution is 7.89. The van der Waals surface area contributed by atoms with Crippen LogP contribution in [0, 0.1) is 5.92 Å². The molecule has 8 heteroatoms. The number of nitrogens with one attached hydrogen (secondary N) is 1. The fourth-order valence-corrected chi connectivity index (χ4v) is 2.99. The summed E-state index contributed by atoms with van der Waals surface area (Å²) in [5.41, 5.74) is 5.90. The van der Waals surface area contributed by atoms with E-state index in [1.165, 1.54) is 6.26 Å². The molecule has 1 fully saturated rings. The molecular formula is C11H21N5O2S. The number of H-pyrrole nitrogens is 1. The van der Waals surface area contributed by atoms with Crippen molar-refractivity contribution >= 4 is 15.8 Å². The second-order valence-electron chi connectivity index (χ2n) is 5.34. The Hall–Kier alpha value is -1.15. The summed E-state index contributed by atoms with van der Waals surface area (Å²) in [6.45, 7) is 3.77. The molecule has 1 aromatic heterocycles. The molecule has 0 spiro atoms. The average Bonchev–Trinajstić information content (AvgIpc) is 2.75. The third-order valence-electron chi connectivity index (χ3n) is 3.48. The van der Waals surface area contributed by atoms with Gasteiger partial charge in [-0.1, -0.05) is 0 Å². The molecule has 1 aromatic rings. The molecule has 19 heavy (non-hydrogen) atoms. The van der Waals surface area contributed by atoms with Crippen molar-refractivity contribution in [2.24, 2.45) is 11.7 Å². The van der Waals surface area contributed by atoms with Crippen LogP contribution in [0.3, 0.4) is 0 Å². The number of aromatic nitrogens is 3. The van der Waals surface area contributed by atoms with Gasteiger partial charge in [-0.05, 0) is 25.7 Å². The Balaban J connectivity index is 1.97. The van der Waals surface area contributed by atoms with Crippen LogP contribution in [-0.4, -0.2) is 49.0 Å². The fourth-order valence-electron chi connectivity index (χ4n) is 2.36. The molecule has 1 aliphatic rings. The molecule has 0 aliphatic carbocycles. The number of anilines is 1. The van der Waals surface area contributed by atoms with E-state index in [1.54, 1.807) is 0 Å². The highest BCUT2D eigenvalue weighted by Crippen LogP contribution is 2.22. The van der Waals surface area contributed by atoms with Crippen molar-refractivity contribution in [1.29, 1.82) is 0 Å². The normalized spacial score (nSPS) is 19.6. The van der Waals surface area contributed by atoms with Crippen molar-refractivity contribution < 1.29 is 8.42 Å². The van der Waals surface area contributed by atoms with E-state index in [0.717, 1.165) is 25.9 Å². The third-order valence-corrected chi connectivity index (χ3v) is 4.28. The van der Waals surface area contributed by atoms with E-state index in [2.05, 4.69) is 20.1 Å². The van der Waals surface area contributed by atoms with Gasteiger partial charge in [-0.3, -0.25) is 5.10 Å². The molecule has 1 atom stereocenters. The Morgan fingerprint density at radius 3 is 2.63 bits per heavy atom. The number of nitrogens with zero attached hydrogens (tertiary/aromatic N) is 3. The Bertz CT molecular complexity index is 517. The van der Waals surface area contributed by atoms with Crippen molar-refractivity contribution in [3.63, 3.8) is 0 Å².